The van der Waals surface area contributed by atoms with E-state index in [0.717, 1.165) is 77.9 Å². The summed E-state index contributed by atoms with van der Waals surface area (Å²) in [6.45, 7) is 21.0. The third-order valence-corrected chi connectivity index (χ3v) is 10.00. The first-order valence-corrected chi connectivity index (χ1v) is 16.0. The zero-order valence-electron chi connectivity index (χ0n) is 28.5. The molecule has 46 heavy (non-hydrogen) atoms. The van der Waals surface area contributed by atoms with Crippen LogP contribution < -0.4 is 10.9 Å². The molecule has 0 saturated carbocycles. The summed E-state index contributed by atoms with van der Waals surface area (Å²) in [6.07, 6.45) is 0. The molecule has 0 amide bonds. The lowest BCUT2D eigenvalue weighted by atomic mass is 9.97. The van der Waals surface area contributed by atoms with Crippen LogP contribution >= 0.6 is 0 Å². The number of fused-ring (bicyclic) bond motifs is 4. The van der Waals surface area contributed by atoms with Crippen molar-refractivity contribution < 1.29 is 0 Å². The van der Waals surface area contributed by atoms with Gasteiger partial charge in [-0.05, 0) is 150 Å². The Morgan fingerprint density at radius 3 is 0.913 bits per heavy atom. The van der Waals surface area contributed by atoms with Gasteiger partial charge in [-0.1, -0.05) is 35.4 Å². The average molecular weight is 605 g/mol. The molecule has 2 heterocycles. The van der Waals surface area contributed by atoms with Crippen molar-refractivity contribution in [2.75, 3.05) is 0 Å². The first-order chi connectivity index (χ1) is 21.8. The molecule has 230 valence electrons. The molecule has 7 rings (SSSR count). The number of nitrogens with zero attached hydrogens (tertiary/aromatic N) is 2. The Bertz CT molecular complexity index is 2390. The second-order valence-corrected chi connectivity index (χ2v) is 13.6. The van der Waals surface area contributed by atoms with E-state index in [-0.39, 0.29) is 10.9 Å². The van der Waals surface area contributed by atoms with Gasteiger partial charge in [0.15, 0.2) is 10.9 Å². The van der Waals surface area contributed by atoms with Crippen LogP contribution in [0, 0.1) is 69.2 Å². The van der Waals surface area contributed by atoms with Crippen LogP contribution in [0.4, 0.5) is 0 Å². The fraction of sp³-hybridized carbons (Fsp3) is 0.238. The van der Waals surface area contributed by atoms with Gasteiger partial charge < -0.3 is 9.13 Å². The SMILES string of the molecule is Cc1cc(C)c(-n2c3cc(C)c(C)cc3c(=O)c3cc4c(cc32)c(=O)c2cc(C)c(C)cc2n4-c2c(C)cc(C)cc2C)c(C)c1. The number of aryl methyl sites for hydroxylation is 10. The van der Waals surface area contributed by atoms with Crippen LogP contribution in [0.3, 0.4) is 0 Å². The fourth-order valence-electron chi connectivity index (χ4n) is 7.73. The Balaban J connectivity index is 1.81. The van der Waals surface area contributed by atoms with Crippen LogP contribution in [-0.4, -0.2) is 9.13 Å². The standard InChI is InChI=1S/C42H40N2O2/c1-21-11-27(7)39(28(8)12-21)43-35-17-25(5)23(3)15-31(35)41(45)33-20-38-34(19-37(33)43)42(46)32-16-24(4)26(6)18-36(32)44(38)40-29(9)13-22(2)14-30(40)10/h11-20H,1-10H3. The largest absolute Gasteiger partial charge is 0.308 e. The number of hydrogen-bond acceptors (Lipinski definition) is 2. The topological polar surface area (TPSA) is 44.0 Å². The van der Waals surface area contributed by atoms with Crippen LogP contribution in [0.2, 0.25) is 0 Å². The molecule has 4 nitrogen and oxygen atoms in total. The number of pyridine rings is 2. The molecule has 0 spiro atoms. The van der Waals surface area contributed by atoms with Crippen LogP contribution in [-0.2, 0) is 0 Å². The lowest BCUT2D eigenvalue weighted by molar-refractivity contribution is 1.09. The first-order valence-electron chi connectivity index (χ1n) is 16.0. The predicted octanol–water partition coefficient (Wildman–Crippen LogP) is 9.69. The summed E-state index contributed by atoms with van der Waals surface area (Å²) in [7, 11) is 0. The fourth-order valence-corrected chi connectivity index (χ4v) is 7.73. The maximum absolute atomic E-state index is 14.6. The molecule has 5 aromatic carbocycles. The monoisotopic (exact) mass is 604 g/mol. The van der Waals surface area contributed by atoms with Gasteiger partial charge in [0.1, 0.15) is 0 Å². The molecule has 7 aromatic rings. The summed E-state index contributed by atoms with van der Waals surface area (Å²) in [4.78, 5) is 29.2. The smallest absolute Gasteiger partial charge is 0.197 e. The van der Waals surface area contributed by atoms with Crippen molar-refractivity contribution in [2.24, 2.45) is 0 Å². The summed E-state index contributed by atoms with van der Waals surface area (Å²) in [5.74, 6) is 0. The highest BCUT2D eigenvalue weighted by Gasteiger charge is 2.22. The minimum Gasteiger partial charge on any atom is -0.308 e. The Kier molecular flexibility index (Phi) is 6.65. The Labute approximate surface area is 269 Å². The van der Waals surface area contributed by atoms with Crippen molar-refractivity contribution >= 4 is 43.6 Å². The summed E-state index contributed by atoms with van der Waals surface area (Å²) in [5.41, 5.74) is 16.5. The normalized spacial score (nSPS) is 11.9. The number of hydrogen-bond donors (Lipinski definition) is 0. The third kappa shape index (κ3) is 4.27. The zero-order valence-corrected chi connectivity index (χ0v) is 28.5. The summed E-state index contributed by atoms with van der Waals surface area (Å²) < 4.78 is 4.44. The van der Waals surface area contributed by atoms with E-state index < -0.39 is 0 Å². The Hall–Kier alpha value is -4.96. The molecule has 0 radical (unpaired) electrons. The molecule has 0 saturated heterocycles. The quantitative estimate of drug-likeness (QED) is 0.184. The van der Waals surface area contributed by atoms with Gasteiger partial charge >= 0.3 is 0 Å². The van der Waals surface area contributed by atoms with E-state index in [0.29, 0.717) is 21.5 Å². The minimum atomic E-state index is -0.0230. The van der Waals surface area contributed by atoms with Crippen molar-refractivity contribution in [2.45, 2.75) is 69.2 Å². The molecule has 0 atom stereocenters. The van der Waals surface area contributed by atoms with E-state index in [4.69, 9.17) is 0 Å². The number of aromatic nitrogens is 2. The van der Waals surface area contributed by atoms with E-state index >= 15 is 0 Å². The molecule has 0 fully saturated rings. The molecular formula is C42H40N2O2. The minimum absolute atomic E-state index is 0.0230. The number of benzene rings is 5. The third-order valence-electron chi connectivity index (χ3n) is 10.00. The molecule has 0 aliphatic rings. The van der Waals surface area contributed by atoms with Crippen molar-refractivity contribution in [1.82, 2.24) is 9.13 Å². The molecular weight excluding hydrogens is 564 g/mol. The highest BCUT2D eigenvalue weighted by atomic mass is 16.1. The molecule has 0 bridgehead atoms. The highest BCUT2D eigenvalue weighted by Crippen LogP contribution is 2.35. The van der Waals surface area contributed by atoms with Gasteiger partial charge in [0.2, 0.25) is 0 Å². The molecule has 0 aliphatic heterocycles. The van der Waals surface area contributed by atoms with Crippen molar-refractivity contribution in [1.29, 1.82) is 0 Å². The van der Waals surface area contributed by atoms with Gasteiger partial charge in [-0.15, -0.1) is 0 Å². The molecule has 4 heteroatoms. The van der Waals surface area contributed by atoms with Gasteiger partial charge in [0, 0.05) is 21.5 Å². The van der Waals surface area contributed by atoms with Gasteiger partial charge in [-0.2, -0.15) is 0 Å². The van der Waals surface area contributed by atoms with Gasteiger partial charge in [0.05, 0.1) is 33.4 Å². The van der Waals surface area contributed by atoms with Gasteiger partial charge in [-0.25, -0.2) is 0 Å². The first kappa shape index (κ1) is 29.7. The van der Waals surface area contributed by atoms with Crippen molar-refractivity contribution in [3.63, 3.8) is 0 Å². The van der Waals surface area contributed by atoms with Crippen LogP contribution in [0.25, 0.3) is 55.0 Å². The lowest BCUT2D eigenvalue weighted by Gasteiger charge is -2.23. The van der Waals surface area contributed by atoms with E-state index in [1.54, 1.807) is 0 Å². The van der Waals surface area contributed by atoms with E-state index in [1.807, 2.05) is 24.3 Å². The lowest BCUT2D eigenvalue weighted by Crippen LogP contribution is -2.16. The van der Waals surface area contributed by atoms with E-state index in [1.165, 1.54) is 11.1 Å². The zero-order chi connectivity index (χ0) is 32.9. The maximum atomic E-state index is 14.6. The predicted molar refractivity (Wildman–Crippen MR) is 195 cm³/mol. The second-order valence-electron chi connectivity index (χ2n) is 13.6. The summed E-state index contributed by atoms with van der Waals surface area (Å²) in [5, 5.41) is 2.55. The summed E-state index contributed by atoms with van der Waals surface area (Å²) in [6, 6.07) is 21.0. The van der Waals surface area contributed by atoms with Crippen LogP contribution in [0.1, 0.15) is 55.6 Å². The van der Waals surface area contributed by atoms with E-state index in [9.17, 15) is 9.59 Å². The van der Waals surface area contributed by atoms with Crippen molar-refractivity contribution in [3.05, 3.63) is 137 Å². The van der Waals surface area contributed by atoms with Gasteiger partial charge in [-0.3, -0.25) is 9.59 Å². The Morgan fingerprint density at radius 1 is 0.326 bits per heavy atom. The van der Waals surface area contributed by atoms with Gasteiger partial charge in [0.25, 0.3) is 0 Å². The summed E-state index contributed by atoms with van der Waals surface area (Å²) >= 11 is 0. The Morgan fingerprint density at radius 2 is 0.587 bits per heavy atom. The second kappa shape index (κ2) is 10.3. The highest BCUT2D eigenvalue weighted by molar-refractivity contribution is 6.06. The molecule has 2 aromatic heterocycles. The molecule has 0 aliphatic carbocycles. The average Bonchev–Trinajstić information content (AvgIpc) is 2.97. The maximum Gasteiger partial charge on any atom is 0.197 e. The molecule has 0 N–H and O–H groups in total. The molecule has 0 unspecified atom stereocenters. The van der Waals surface area contributed by atoms with E-state index in [2.05, 4.69) is 115 Å². The number of rotatable bonds is 2. The van der Waals surface area contributed by atoms with Crippen molar-refractivity contribution in [3.8, 4) is 11.4 Å². The van der Waals surface area contributed by atoms with Crippen LogP contribution in [0.15, 0.2) is 70.3 Å². The van der Waals surface area contributed by atoms with Crippen LogP contribution in [0.5, 0.6) is 0 Å².